The van der Waals surface area contributed by atoms with Crippen molar-refractivity contribution in [3.8, 4) is 5.75 Å². The van der Waals surface area contributed by atoms with Gasteiger partial charge < -0.3 is 10.1 Å². The Morgan fingerprint density at radius 3 is 2.57 bits per heavy atom. The lowest BCUT2D eigenvalue weighted by molar-refractivity contribution is 0.190. The number of nitrogens with one attached hydrogen (secondary N) is 1. The molecule has 1 amide bonds. The molecule has 6 heteroatoms. The van der Waals surface area contributed by atoms with Crippen molar-refractivity contribution in [2.75, 3.05) is 0 Å². The van der Waals surface area contributed by atoms with Crippen molar-refractivity contribution in [3.63, 3.8) is 0 Å². The molecular formula is C17H24N4O2. The van der Waals surface area contributed by atoms with Crippen molar-refractivity contribution in [3.05, 3.63) is 42.2 Å². The number of benzene rings is 1. The topological polar surface area (TPSA) is 69.0 Å². The Hall–Kier alpha value is -2.37. The lowest BCUT2D eigenvalue weighted by Crippen LogP contribution is -2.42. The molecule has 6 nitrogen and oxygen atoms in total. The average molecular weight is 316 g/mol. The highest BCUT2D eigenvalue weighted by atomic mass is 16.6. The summed E-state index contributed by atoms with van der Waals surface area (Å²) < 4.78 is 7.09. The Bertz CT molecular complexity index is 601. The maximum atomic E-state index is 11.7. The van der Waals surface area contributed by atoms with E-state index in [0.29, 0.717) is 5.75 Å². The first-order valence-corrected chi connectivity index (χ1v) is 7.85. The standard InChI is InChI=1S/C17H24N4O2/c1-17(2,3)19-16(22)23-15-9-7-14(8-10-15)6-4-5-12-21-13-11-18-20-21/h7-11,13H,4-6,12H2,1-3H3,(H,19,22). The first kappa shape index (κ1) is 17.0. The molecule has 0 radical (unpaired) electrons. The minimum Gasteiger partial charge on any atom is -0.410 e. The Morgan fingerprint density at radius 2 is 1.96 bits per heavy atom. The van der Waals surface area contributed by atoms with Gasteiger partial charge in [-0.15, -0.1) is 5.10 Å². The van der Waals surface area contributed by atoms with Crippen molar-refractivity contribution >= 4 is 6.09 Å². The van der Waals surface area contributed by atoms with E-state index in [0.717, 1.165) is 25.8 Å². The quantitative estimate of drug-likeness (QED) is 0.831. The van der Waals surface area contributed by atoms with Crippen LogP contribution in [0.2, 0.25) is 0 Å². The minimum atomic E-state index is -0.432. The molecule has 1 aromatic carbocycles. The van der Waals surface area contributed by atoms with E-state index in [4.69, 9.17) is 4.74 Å². The maximum Gasteiger partial charge on any atom is 0.413 e. The summed E-state index contributed by atoms with van der Waals surface area (Å²) >= 11 is 0. The molecule has 1 N–H and O–H groups in total. The molecule has 2 rings (SSSR count). The van der Waals surface area contributed by atoms with Crippen molar-refractivity contribution in [2.45, 2.75) is 52.1 Å². The number of hydrogen-bond donors (Lipinski definition) is 1. The van der Waals surface area contributed by atoms with Crippen LogP contribution in [0.3, 0.4) is 0 Å². The third kappa shape index (κ3) is 6.50. The molecule has 0 unspecified atom stereocenters. The highest BCUT2D eigenvalue weighted by molar-refractivity contribution is 5.71. The molecule has 124 valence electrons. The minimum absolute atomic E-state index is 0.304. The molecule has 23 heavy (non-hydrogen) atoms. The van der Waals surface area contributed by atoms with E-state index in [-0.39, 0.29) is 5.54 Å². The number of nitrogens with zero attached hydrogens (tertiary/aromatic N) is 3. The van der Waals surface area contributed by atoms with Gasteiger partial charge in [0.2, 0.25) is 0 Å². The van der Waals surface area contributed by atoms with E-state index in [1.807, 2.05) is 55.9 Å². The van der Waals surface area contributed by atoms with E-state index in [2.05, 4.69) is 15.6 Å². The molecule has 1 aromatic heterocycles. The average Bonchev–Trinajstić information content (AvgIpc) is 2.96. The van der Waals surface area contributed by atoms with Crippen molar-refractivity contribution in [1.82, 2.24) is 20.3 Å². The van der Waals surface area contributed by atoms with Crippen LogP contribution in [0, 0.1) is 0 Å². The van der Waals surface area contributed by atoms with Crippen LogP contribution < -0.4 is 10.1 Å². The monoisotopic (exact) mass is 316 g/mol. The number of carbonyl (C=O) groups is 1. The second-order valence-electron chi connectivity index (χ2n) is 6.53. The predicted octanol–water partition coefficient (Wildman–Crippen LogP) is 3.19. The zero-order valence-corrected chi connectivity index (χ0v) is 14.0. The Morgan fingerprint density at radius 1 is 1.22 bits per heavy atom. The van der Waals surface area contributed by atoms with E-state index < -0.39 is 6.09 Å². The molecule has 0 saturated heterocycles. The van der Waals surface area contributed by atoms with Crippen LogP contribution in [-0.4, -0.2) is 26.6 Å². The lowest BCUT2D eigenvalue weighted by Gasteiger charge is -2.19. The van der Waals surface area contributed by atoms with Gasteiger partial charge in [-0.05, 0) is 57.7 Å². The summed E-state index contributed by atoms with van der Waals surface area (Å²) in [5.41, 5.74) is 0.924. The SMILES string of the molecule is CC(C)(C)NC(=O)Oc1ccc(CCCCn2ccnn2)cc1. The Balaban J connectivity index is 1.72. The van der Waals surface area contributed by atoms with Gasteiger partial charge in [0, 0.05) is 18.3 Å². The number of ether oxygens (including phenoxy) is 1. The molecule has 0 aliphatic rings. The third-order valence-corrected chi connectivity index (χ3v) is 3.19. The highest BCUT2D eigenvalue weighted by Crippen LogP contribution is 2.14. The molecule has 0 aliphatic carbocycles. The van der Waals surface area contributed by atoms with E-state index >= 15 is 0 Å². The smallest absolute Gasteiger partial charge is 0.410 e. The Labute approximate surface area is 136 Å². The van der Waals surface area contributed by atoms with Crippen molar-refractivity contribution < 1.29 is 9.53 Å². The van der Waals surface area contributed by atoms with Crippen LogP contribution in [0.4, 0.5) is 4.79 Å². The first-order chi connectivity index (χ1) is 10.9. The predicted molar refractivity (Wildman–Crippen MR) is 88.3 cm³/mol. The van der Waals surface area contributed by atoms with Crippen LogP contribution in [0.5, 0.6) is 5.75 Å². The molecule has 2 aromatic rings. The number of aryl methyl sites for hydroxylation is 2. The largest absolute Gasteiger partial charge is 0.413 e. The van der Waals surface area contributed by atoms with Gasteiger partial charge in [-0.1, -0.05) is 17.3 Å². The summed E-state index contributed by atoms with van der Waals surface area (Å²) in [6.07, 6.45) is 6.24. The van der Waals surface area contributed by atoms with Gasteiger partial charge in [0.15, 0.2) is 0 Å². The summed E-state index contributed by atoms with van der Waals surface area (Å²) in [5.74, 6) is 0.554. The van der Waals surface area contributed by atoms with Crippen LogP contribution >= 0.6 is 0 Å². The maximum absolute atomic E-state index is 11.7. The fourth-order valence-corrected chi connectivity index (χ4v) is 2.12. The van der Waals surface area contributed by atoms with E-state index in [1.54, 1.807) is 6.20 Å². The number of hydrogen-bond acceptors (Lipinski definition) is 4. The summed E-state index contributed by atoms with van der Waals surface area (Å²) in [4.78, 5) is 11.7. The Kier molecular flexibility index (Phi) is 5.73. The number of unbranched alkanes of at least 4 members (excludes halogenated alkanes) is 1. The number of carbonyl (C=O) groups excluding carboxylic acids is 1. The van der Waals surface area contributed by atoms with Gasteiger partial charge in [0.1, 0.15) is 5.75 Å². The van der Waals surface area contributed by atoms with Gasteiger partial charge >= 0.3 is 6.09 Å². The normalized spacial score (nSPS) is 11.3. The number of aromatic nitrogens is 3. The molecule has 0 aliphatic heterocycles. The van der Waals surface area contributed by atoms with Crippen molar-refractivity contribution in [2.24, 2.45) is 0 Å². The highest BCUT2D eigenvalue weighted by Gasteiger charge is 2.15. The molecule has 0 bridgehead atoms. The zero-order chi connectivity index (χ0) is 16.7. The van der Waals surface area contributed by atoms with Crippen molar-refractivity contribution in [1.29, 1.82) is 0 Å². The second-order valence-corrected chi connectivity index (χ2v) is 6.53. The summed E-state index contributed by atoms with van der Waals surface area (Å²) in [5, 5.41) is 10.5. The molecule has 0 saturated carbocycles. The van der Waals surface area contributed by atoms with E-state index in [1.165, 1.54) is 5.56 Å². The molecule has 0 spiro atoms. The third-order valence-electron chi connectivity index (χ3n) is 3.19. The summed E-state index contributed by atoms with van der Waals surface area (Å²) in [7, 11) is 0. The van der Waals surface area contributed by atoms with Crippen LogP contribution in [0.15, 0.2) is 36.7 Å². The van der Waals surface area contributed by atoms with Gasteiger partial charge in [-0.2, -0.15) is 0 Å². The van der Waals surface area contributed by atoms with Crippen LogP contribution in [-0.2, 0) is 13.0 Å². The summed E-state index contributed by atoms with van der Waals surface area (Å²) in [6.45, 7) is 6.62. The molecule has 0 atom stereocenters. The molecule has 0 fully saturated rings. The lowest BCUT2D eigenvalue weighted by atomic mass is 10.1. The van der Waals surface area contributed by atoms with Crippen LogP contribution in [0.1, 0.15) is 39.2 Å². The van der Waals surface area contributed by atoms with Gasteiger partial charge in [0.05, 0.1) is 6.20 Å². The fourth-order valence-electron chi connectivity index (χ4n) is 2.12. The number of amides is 1. The zero-order valence-electron chi connectivity index (χ0n) is 14.0. The number of rotatable bonds is 6. The van der Waals surface area contributed by atoms with Gasteiger partial charge in [-0.25, -0.2) is 4.79 Å². The van der Waals surface area contributed by atoms with Gasteiger partial charge in [0.25, 0.3) is 0 Å². The second kappa shape index (κ2) is 7.76. The first-order valence-electron chi connectivity index (χ1n) is 7.85. The molecule has 1 heterocycles. The molecular weight excluding hydrogens is 292 g/mol. The van der Waals surface area contributed by atoms with Crippen LogP contribution in [0.25, 0.3) is 0 Å². The fraction of sp³-hybridized carbons (Fsp3) is 0.471. The summed E-state index contributed by atoms with van der Waals surface area (Å²) in [6, 6.07) is 7.65. The van der Waals surface area contributed by atoms with E-state index in [9.17, 15) is 4.79 Å². The van der Waals surface area contributed by atoms with Gasteiger partial charge in [-0.3, -0.25) is 4.68 Å².